The minimum Gasteiger partial charge on any atom is -0.298 e. The Kier molecular flexibility index (Phi) is 5.39. The third-order valence-electron chi connectivity index (χ3n) is 5.90. The van der Waals surface area contributed by atoms with Gasteiger partial charge in [0.1, 0.15) is 5.82 Å². The molecule has 2 heterocycles. The molecule has 24 heavy (non-hydrogen) atoms. The van der Waals surface area contributed by atoms with E-state index in [4.69, 9.17) is 4.98 Å². The SMILES string of the molecule is CCCc1ncc2c(n1)CCN(CCC1=C(C)CCCC1(C)C)C2. The quantitative estimate of drug-likeness (QED) is 0.734. The predicted octanol–water partition coefficient (Wildman–Crippen LogP) is 4.70. The number of fused-ring (bicyclic) bond motifs is 1. The maximum atomic E-state index is 4.78. The molecule has 0 spiro atoms. The molecule has 132 valence electrons. The van der Waals surface area contributed by atoms with Gasteiger partial charge in [0.25, 0.3) is 0 Å². The standard InChI is InChI=1S/C21H33N3/c1-5-7-20-22-14-17-15-24(13-10-19(17)23-20)12-9-18-16(2)8-6-11-21(18,3)4/h14H,5-13,15H2,1-4H3. The highest BCUT2D eigenvalue weighted by Crippen LogP contribution is 2.41. The fourth-order valence-corrected chi connectivity index (χ4v) is 4.45. The van der Waals surface area contributed by atoms with E-state index in [1.165, 1.54) is 43.5 Å². The highest BCUT2D eigenvalue weighted by Gasteiger charge is 2.28. The van der Waals surface area contributed by atoms with E-state index in [9.17, 15) is 0 Å². The van der Waals surface area contributed by atoms with Gasteiger partial charge in [0.05, 0.1) is 0 Å². The second kappa shape index (κ2) is 7.35. The van der Waals surface area contributed by atoms with E-state index in [1.54, 1.807) is 11.1 Å². The van der Waals surface area contributed by atoms with Gasteiger partial charge in [-0.2, -0.15) is 0 Å². The first kappa shape index (κ1) is 17.6. The number of rotatable bonds is 5. The number of hydrogen-bond donors (Lipinski definition) is 0. The molecule has 0 aromatic carbocycles. The molecule has 1 aliphatic heterocycles. The largest absolute Gasteiger partial charge is 0.298 e. The van der Waals surface area contributed by atoms with Crippen LogP contribution in [0.15, 0.2) is 17.3 Å². The van der Waals surface area contributed by atoms with Crippen LogP contribution < -0.4 is 0 Å². The minimum absolute atomic E-state index is 0.397. The van der Waals surface area contributed by atoms with E-state index >= 15 is 0 Å². The highest BCUT2D eigenvalue weighted by atomic mass is 15.1. The van der Waals surface area contributed by atoms with Crippen molar-refractivity contribution in [1.29, 1.82) is 0 Å². The zero-order valence-electron chi connectivity index (χ0n) is 16.0. The zero-order valence-corrected chi connectivity index (χ0v) is 16.0. The van der Waals surface area contributed by atoms with E-state index in [0.29, 0.717) is 5.41 Å². The van der Waals surface area contributed by atoms with Crippen LogP contribution in [0, 0.1) is 5.41 Å². The fourth-order valence-electron chi connectivity index (χ4n) is 4.45. The Balaban J connectivity index is 1.62. The molecule has 0 atom stereocenters. The van der Waals surface area contributed by atoms with Crippen molar-refractivity contribution >= 4 is 0 Å². The first-order chi connectivity index (χ1) is 11.5. The lowest BCUT2D eigenvalue weighted by molar-refractivity contribution is 0.242. The van der Waals surface area contributed by atoms with Gasteiger partial charge in [-0.1, -0.05) is 31.9 Å². The van der Waals surface area contributed by atoms with Crippen LogP contribution in [0.1, 0.15) is 76.9 Å². The summed E-state index contributed by atoms with van der Waals surface area (Å²) in [6.45, 7) is 12.7. The molecule has 0 unspecified atom stereocenters. The summed E-state index contributed by atoms with van der Waals surface area (Å²) < 4.78 is 0. The van der Waals surface area contributed by atoms with Gasteiger partial charge in [-0.25, -0.2) is 9.97 Å². The van der Waals surface area contributed by atoms with E-state index < -0.39 is 0 Å². The number of aromatic nitrogens is 2. The zero-order chi connectivity index (χ0) is 17.2. The minimum atomic E-state index is 0.397. The van der Waals surface area contributed by atoms with Crippen molar-refractivity contribution in [1.82, 2.24) is 14.9 Å². The Morgan fingerprint density at radius 2 is 2.04 bits per heavy atom. The maximum Gasteiger partial charge on any atom is 0.128 e. The number of hydrogen-bond acceptors (Lipinski definition) is 3. The van der Waals surface area contributed by atoms with Gasteiger partial charge in [0, 0.05) is 49.9 Å². The van der Waals surface area contributed by atoms with Crippen molar-refractivity contribution in [2.75, 3.05) is 13.1 Å². The average molecular weight is 328 g/mol. The summed E-state index contributed by atoms with van der Waals surface area (Å²) in [4.78, 5) is 11.9. The van der Waals surface area contributed by atoms with Crippen LogP contribution in [-0.4, -0.2) is 28.0 Å². The predicted molar refractivity (Wildman–Crippen MR) is 100.0 cm³/mol. The van der Waals surface area contributed by atoms with E-state index in [1.807, 2.05) is 0 Å². The van der Waals surface area contributed by atoms with E-state index in [2.05, 4.69) is 43.8 Å². The summed E-state index contributed by atoms with van der Waals surface area (Å²) in [6.07, 6.45) is 10.5. The molecule has 0 bridgehead atoms. The summed E-state index contributed by atoms with van der Waals surface area (Å²) in [7, 11) is 0. The van der Waals surface area contributed by atoms with Crippen LogP contribution >= 0.6 is 0 Å². The molecule has 3 heteroatoms. The second-order valence-corrected chi connectivity index (χ2v) is 8.28. The molecule has 1 aliphatic carbocycles. The molecule has 0 N–H and O–H groups in total. The van der Waals surface area contributed by atoms with Crippen molar-refractivity contribution in [2.24, 2.45) is 5.41 Å². The Hall–Kier alpha value is -1.22. The molecule has 0 amide bonds. The first-order valence-electron chi connectivity index (χ1n) is 9.74. The van der Waals surface area contributed by atoms with Gasteiger partial charge in [0.2, 0.25) is 0 Å². The lowest BCUT2D eigenvalue weighted by atomic mass is 9.71. The summed E-state index contributed by atoms with van der Waals surface area (Å²) >= 11 is 0. The number of aryl methyl sites for hydroxylation is 1. The Bertz CT molecular complexity index is 616. The third-order valence-corrected chi connectivity index (χ3v) is 5.90. The number of allylic oxidation sites excluding steroid dienone is 1. The summed E-state index contributed by atoms with van der Waals surface area (Å²) in [5, 5.41) is 0. The van der Waals surface area contributed by atoms with Gasteiger partial charge in [-0.3, -0.25) is 4.90 Å². The molecule has 0 fully saturated rings. The average Bonchev–Trinajstić information content (AvgIpc) is 2.54. The Morgan fingerprint density at radius 3 is 2.79 bits per heavy atom. The summed E-state index contributed by atoms with van der Waals surface area (Å²) in [5.74, 6) is 1.02. The van der Waals surface area contributed by atoms with E-state index in [-0.39, 0.29) is 0 Å². The van der Waals surface area contributed by atoms with Crippen molar-refractivity contribution in [3.8, 4) is 0 Å². The first-order valence-corrected chi connectivity index (χ1v) is 9.74. The monoisotopic (exact) mass is 327 g/mol. The molecule has 1 aromatic rings. The lowest BCUT2D eigenvalue weighted by Crippen LogP contribution is -2.33. The molecular formula is C21H33N3. The molecule has 0 saturated heterocycles. The Labute approximate surface area is 147 Å². The fraction of sp³-hybridized carbons (Fsp3) is 0.714. The van der Waals surface area contributed by atoms with Crippen molar-refractivity contribution in [3.05, 3.63) is 34.4 Å². The molecule has 2 aliphatic rings. The molecule has 0 saturated carbocycles. The van der Waals surface area contributed by atoms with Crippen molar-refractivity contribution < 1.29 is 0 Å². The molecular weight excluding hydrogens is 294 g/mol. The van der Waals surface area contributed by atoms with Gasteiger partial charge < -0.3 is 0 Å². The third kappa shape index (κ3) is 3.88. The summed E-state index contributed by atoms with van der Waals surface area (Å²) in [6, 6.07) is 0. The van der Waals surface area contributed by atoms with Gasteiger partial charge in [0.15, 0.2) is 0 Å². The van der Waals surface area contributed by atoms with Crippen LogP contribution in [0.4, 0.5) is 0 Å². The molecule has 3 rings (SSSR count). The van der Waals surface area contributed by atoms with Crippen LogP contribution in [0.25, 0.3) is 0 Å². The normalized spacial score (nSPS) is 21.0. The van der Waals surface area contributed by atoms with Crippen molar-refractivity contribution in [3.63, 3.8) is 0 Å². The highest BCUT2D eigenvalue weighted by molar-refractivity contribution is 5.24. The van der Waals surface area contributed by atoms with Gasteiger partial charge in [-0.05, 0) is 44.4 Å². The maximum absolute atomic E-state index is 4.78. The van der Waals surface area contributed by atoms with Gasteiger partial charge >= 0.3 is 0 Å². The lowest BCUT2D eigenvalue weighted by Gasteiger charge is -2.36. The smallest absolute Gasteiger partial charge is 0.128 e. The van der Waals surface area contributed by atoms with Crippen LogP contribution in [-0.2, 0) is 19.4 Å². The van der Waals surface area contributed by atoms with E-state index in [0.717, 1.165) is 38.2 Å². The number of nitrogens with zero attached hydrogens (tertiary/aromatic N) is 3. The second-order valence-electron chi connectivity index (χ2n) is 8.28. The van der Waals surface area contributed by atoms with Crippen LogP contribution in [0.2, 0.25) is 0 Å². The van der Waals surface area contributed by atoms with Gasteiger partial charge in [-0.15, -0.1) is 0 Å². The summed E-state index contributed by atoms with van der Waals surface area (Å²) in [5.41, 5.74) is 6.40. The topological polar surface area (TPSA) is 29.0 Å². The molecule has 1 aromatic heterocycles. The molecule has 3 nitrogen and oxygen atoms in total. The molecule has 0 radical (unpaired) electrons. The van der Waals surface area contributed by atoms with Crippen LogP contribution in [0.3, 0.4) is 0 Å². The van der Waals surface area contributed by atoms with Crippen molar-refractivity contribution in [2.45, 2.75) is 79.2 Å². The Morgan fingerprint density at radius 1 is 1.21 bits per heavy atom. The van der Waals surface area contributed by atoms with Crippen LogP contribution in [0.5, 0.6) is 0 Å².